The molecule has 2 aromatic carbocycles. The Hall–Kier alpha value is -2.47. The minimum absolute atomic E-state index is 0.212. The maximum absolute atomic E-state index is 13.7. The van der Waals surface area contributed by atoms with Crippen LogP contribution in [0.4, 0.5) is 4.39 Å². The average molecular weight is 343 g/mol. The van der Waals surface area contributed by atoms with E-state index in [-0.39, 0.29) is 17.4 Å². The summed E-state index contributed by atoms with van der Waals surface area (Å²) in [7, 11) is 0. The van der Waals surface area contributed by atoms with E-state index in [0.29, 0.717) is 22.3 Å². The van der Waals surface area contributed by atoms with Gasteiger partial charge in [0.25, 0.3) is 5.91 Å². The standard InChI is InChI=1S/C18H18FN3OS/c1-2-11(12-6-4-3-5-7-12)10-20-17(23)14-8-13(19)9-15-16(14)22-18(24)21-15/h3-9,11H,2,10H2,1H3,(H,20,23)(H2,21,22,24). The number of hydrogen-bond donors (Lipinski definition) is 3. The smallest absolute Gasteiger partial charge is 0.253 e. The number of fused-ring (bicyclic) bond motifs is 1. The monoisotopic (exact) mass is 343 g/mol. The van der Waals surface area contributed by atoms with E-state index in [4.69, 9.17) is 12.2 Å². The summed E-state index contributed by atoms with van der Waals surface area (Å²) in [6, 6.07) is 12.6. The molecule has 1 amide bonds. The molecule has 6 heteroatoms. The van der Waals surface area contributed by atoms with Crippen LogP contribution in [0.3, 0.4) is 0 Å². The first-order valence-corrected chi connectivity index (χ1v) is 8.24. The quantitative estimate of drug-likeness (QED) is 0.605. The molecule has 1 atom stereocenters. The van der Waals surface area contributed by atoms with Crippen molar-refractivity contribution >= 4 is 29.2 Å². The summed E-state index contributed by atoms with van der Waals surface area (Å²) >= 11 is 5.03. The Kier molecular flexibility index (Phi) is 4.76. The molecule has 4 nitrogen and oxygen atoms in total. The topological polar surface area (TPSA) is 60.7 Å². The summed E-state index contributed by atoms with van der Waals surface area (Å²) in [4.78, 5) is 18.3. The van der Waals surface area contributed by atoms with Gasteiger partial charge in [-0.1, -0.05) is 37.3 Å². The lowest BCUT2D eigenvalue weighted by molar-refractivity contribution is 0.0952. The van der Waals surface area contributed by atoms with Crippen molar-refractivity contribution in [2.45, 2.75) is 19.3 Å². The van der Waals surface area contributed by atoms with Crippen LogP contribution < -0.4 is 5.32 Å². The molecule has 0 bridgehead atoms. The summed E-state index contributed by atoms with van der Waals surface area (Å²) in [5, 5.41) is 2.90. The number of amides is 1. The van der Waals surface area contributed by atoms with Gasteiger partial charge in [-0.15, -0.1) is 0 Å². The normalized spacial score (nSPS) is 12.2. The van der Waals surface area contributed by atoms with Crippen molar-refractivity contribution in [3.8, 4) is 0 Å². The van der Waals surface area contributed by atoms with Gasteiger partial charge in [0.2, 0.25) is 0 Å². The van der Waals surface area contributed by atoms with Crippen molar-refractivity contribution in [2.24, 2.45) is 0 Å². The molecule has 3 rings (SSSR count). The van der Waals surface area contributed by atoms with Crippen LogP contribution in [0.1, 0.15) is 35.2 Å². The molecule has 3 aromatic rings. The van der Waals surface area contributed by atoms with E-state index in [0.717, 1.165) is 6.42 Å². The van der Waals surface area contributed by atoms with Gasteiger partial charge in [0.1, 0.15) is 5.82 Å². The molecule has 1 unspecified atom stereocenters. The third-order valence-electron chi connectivity index (χ3n) is 4.11. The van der Waals surface area contributed by atoms with Gasteiger partial charge in [-0.3, -0.25) is 4.79 Å². The molecule has 1 heterocycles. The van der Waals surface area contributed by atoms with E-state index in [1.54, 1.807) is 0 Å². The maximum Gasteiger partial charge on any atom is 0.253 e. The van der Waals surface area contributed by atoms with Gasteiger partial charge in [-0.2, -0.15) is 0 Å². The van der Waals surface area contributed by atoms with Crippen molar-refractivity contribution in [3.05, 3.63) is 64.2 Å². The lowest BCUT2D eigenvalue weighted by Gasteiger charge is -2.16. The van der Waals surface area contributed by atoms with Crippen LogP contribution >= 0.6 is 12.2 Å². The first kappa shape index (κ1) is 16.4. The Morgan fingerprint density at radius 2 is 2.00 bits per heavy atom. The van der Waals surface area contributed by atoms with Crippen LogP contribution in [0.2, 0.25) is 0 Å². The summed E-state index contributed by atoms with van der Waals surface area (Å²) in [6.07, 6.45) is 0.898. The minimum Gasteiger partial charge on any atom is -0.351 e. The number of carbonyl (C=O) groups excluding carboxylic acids is 1. The van der Waals surface area contributed by atoms with E-state index in [9.17, 15) is 9.18 Å². The van der Waals surface area contributed by atoms with Gasteiger partial charge in [0.15, 0.2) is 4.77 Å². The predicted molar refractivity (Wildman–Crippen MR) is 95.2 cm³/mol. The molecule has 0 spiro atoms. The number of H-pyrrole nitrogens is 2. The minimum atomic E-state index is -0.479. The second-order valence-corrected chi connectivity index (χ2v) is 6.09. The molecule has 0 saturated carbocycles. The zero-order valence-electron chi connectivity index (χ0n) is 13.2. The Bertz CT molecular complexity index is 917. The first-order chi connectivity index (χ1) is 11.6. The molecule has 24 heavy (non-hydrogen) atoms. The van der Waals surface area contributed by atoms with E-state index >= 15 is 0 Å². The predicted octanol–water partition coefficient (Wildman–Crippen LogP) is 4.29. The number of halogens is 1. The molecular weight excluding hydrogens is 325 g/mol. The van der Waals surface area contributed by atoms with Gasteiger partial charge in [-0.05, 0) is 36.3 Å². The second-order valence-electron chi connectivity index (χ2n) is 5.68. The fraction of sp³-hybridized carbons (Fsp3) is 0.222. The Labute approximate surface area is 144 Å². The van der Waals surface area contributed by atoms with E-state index in [2.05, 4.69) is 22.2 Å². The Morgan fingerprint density at radius 3 is 2.71 bits per heavy atom. The fourth-order valence-corrected chi connectivity index (χ4v) is 3.03. The highest BCUT2D eigenvalue weighted by molar-refractivity contribution is 7.71. The molecule has 0 aliphatic carbocycles. The SMILES string of the molecule is CCC(CNC(=O)c1cc(F)cc2[nH]c(=S)[nH]c12)c1ccccc1. The van der Waals surface area contributed by atoms with Crippen molar-refractivity contribution in [1.82, 2.24) is 15.3 Å². The highest BCUT2D eigenvalue weighted by Gasteiger charge is 2.16. The zero-order valence-corrected chi connectivity index (χ0v) is 14.0. The summed E-state index contributed by atoms with van der Waals surface area (Å²) in [6.45, 7) is 2.57. The number of aromatic nitrogens is 2. The van der Waals surface area contributed by atoms with Crippen LogP contribution in [0.15, 0.2) is 42.5 Å². The molecular formula is C18H18FN3OS. The highest BCUT2D eigenvalue weighted by atomic mass is 32.1. The van der Waals surface area contributed by atoms with E-state index < -0.39 is 5.82 Å². The Balaban J connectivity index is 1.81. The number of carbonyl (C=O) groups is 1. The number of imidazole rings is 1. The van der Waals surface area contributed by atoms with Gasteiger partial charge in [0, 0.05) is 12.5 Å². The molecule has 1 aromatic heterocycles. The van der Waals surface area contributed by atoms with Crippen molar-refractivity contribution < 1.29 is 9.18 Å². The first-order valence-electron chi connectivity index (χ1n) is 7.83. The number of aromatic amines is 2. The third kappa shape index (κ3) is 3.38. The van der Waals surface area contributed by atoms with Crippen LogP contribution in [0, 0.1) is 10.6 Å². The number of rotatable bonds is 5. The van der Waals surface area contributed by atoms with Crippen LogP contribution in [0.5, 0.6) is 0 Å². The largest absolute Gasteiger partial charge is 0.351 e. The molecule has 3 N–H and O–H groups in total. The zero-order chi connectivity index (χ0) is 17.1. The Morgan fingerprint density at radius 1 is 1.25 bits per heavy atom. The van der Waals surface area contributed by atoms with Gasteiger partial charge >= 0.3 is 0 Å². The lowest BCUT2D eigenvalue weighted by Crippen LogP contribution is -2.28. The summed E-state index contributed by atoms with van der Waals surface area (Å²) < 4.78 is 14.1. The molecule has 0 radical (unpaired) electrons. The van der Waals surface area contributed by atoms with Crippen LogP contribution in [-0.4, -0.2) is 22.4 Å². The van der Waals surface area contributed by atoms with Crippen LogP contribution in [-0.2, 0) is 0 Å². The van der Waals surface area contributed by atoms with Gasteiger partial charge < -0.3 is 15.3 Å². The molecule has 0 fully saturated rings. The van der Waals surface area contributed by atoms with Crippen molar-refractivity contribution in [1.29, 1.82) is 0 Å². The van der Waals surface area contributed by atoms with Crippen LogP contribution in [0.25, 0.3) is 11.0 Å². The second kappa shape index (κ2) is 6.97. The summed E-state index contributed by atoms with van der Waals surface area (Å²) in [5.74, 6) is -0.587. The molecule has 0 aliphatic heterocycles. The van der Waals surface area contributed by atoms with Crippen molar-refractivity contribution in [2.75, 3.05) is 6.54 Å². The van der Waals surface area contributed by atoms with Crippen molar-refractivity contribution in [3.63, 3.8) is 0 Å². The fourth-order valence-electron chi connectivity index (χ4n) is 2.82. The molecule has 0 saturated heterocycles. The maximum atomic E-state index is 13.7. The number of hydrogen-bond acceptors (Lipinski definition) is 2. The van der Waals surface area contributed by atoms with Gasteiger partial charge in [-0.25, -0.2) is 4.39 Å². The molecule has 124 valence electrons. The third-order valence-corrected chi connectivity index (χ3v) is 4.31. The van der Waals surface area contributed by atoms with Gasteiger partial charge in [0.05, 0.1) is 16.6 Å². The number of benzene rings is 2. The van der Waals surface area contributed by atoms with E-state index in [1.165, 1.54) is 17.7 Å². The average Bonchev–Trinajstić information content (AvgIpc) is 2.95. The summed E-state index contributed by atoms with van der Waals surface area (Å²) in [5.41, 5.74) is 2.43. The number of nitrogens with one attached hydrogen (secondary N) is 3. The lowest BCUT2D eigenvalue weighted by atomic mass is 9.96. The highest BCUT2D eigenvalue weighted by Crippen LogP contribution is 2.20. The van der Waals surface area contributed by atoms with E-state index in [1.807, 2.05) is 30.3 Å². The molecule has 0 aliphatic rings.